The number of H-pyrrole nitrogens is 2. The number of benzene rings is 2. The van der Waals surface area contributed by atoms with Gasteiger partial charge in [-0.05, 0) is 61.0 Å². The summed E-state index contributed by atoms with van der Waals surface area (Å²) in [6.07, 6.45) is 6.37. The molecule has 4 rings (SSSR count). The van der Waals surface area contributed by atoms with E-state index in [1.165, 1.54) is 11.8 Å². The zero-order valence-electron chi connectivity index (χ0n) is 26.7. The van der Waals surface area contributed by atoms with E-state index in [0.717, 1.165) is 32.9 Å². The van der Waals surface area contributed by atoms with Crippen molar-refractivity contribution in [1.29, 1.82) is 0 Å². The topological polar surface area (TPSA) is 247 Å². The molecule has 0 aliphatic carbocycles. The number of carbonyl (C=O) groups excluding carboxylic acids is 3. The zero-order chi connectivity index (χ0) is 34.6. The highest BCUT2D eigenvalue weighted by molar-refractivity contribution is 7.98. The van der Waals surface area contributed by atoms with Gasteiger partial charge in [0.25, 0.3) is 0 Å². The number of hydrogen-bond donors (Lipinski definition) is 9. The second kappa shape index (κ2) is 17.2. The number of para-hydroxylation sites is 2. The Morgan fingerprint density at radius 3 is 1.88 bits per heavy atom. The normalized spacial score (nSPS) is 13.7. The van der Waals surface area contributed by atoms with Crippen LogP contribution in [0.1, 0.15) is 30.4 Å². The molecule has 14 nitrogen and oxygen atoms in total. The van der Waals surface area contributed by atoms with Gasteiger partial charge in [0.1, 0.15) is 18.1 Å². The number of thioether (sulfide) groups is 1. The molecule has 0 bridgehead atoms. The molecular weight excluding hydrogens is 634 g/mol. The van der Waals surface area contributed by atoms with Crippen molar-refractivity contribution in [1.82, 2.24) is 25.9 Å². The fourth-order valence-electron chi connectivity index (χ4n) is 5.45. The van der Waals surface area contributed by atoms with Gasteiger partial charge < -0.3 is 48.2 Å². The third-order valence-electron chi connectivity index (χ3n) is 7.99. The fraction of sp³-hybridized carbons (Fsp3) is 0.364. The quantitative estimate of drug-likeness (QED) is 0.0415. The Bertz CT molecular complexity index is 1750. The molecule has 0 spiro atoms. The second-order valence-corrected chi connectivity index (χ2v) is 12.5. The second-order valence-electron chi connectivity index (χ2n) is 11.5. The summed E-state index contributed by atoms with van der Waals surface area (Å²) in [6, 6.07) is 10.8. The first kappa shape index (κ1) is 35.8. The van der Waals surface area contributed by atoms with E-state index < -0.39 is 47.9 Å². The minimum absolute atomic E-state index is 0.0338. The summed E-state index contributed by atoms with van der Waals surface area (Å²) in [5.74, 6) is -2.61. The molecule has 4 atom stereocenters. The number of fused-ring (bicyclic) bond motifs is 2. The van der Waals surface area contributed by atoms with Crippen molar-refractivity contribution in [2.75, 3.05) is 18.6 Å². The van der Waals surface area contributed by atoms with E-state index in [1.54, 1.807) is 12.4 Å². The Morgan fingerprint density at radius 2 is 1.31 bits per heavy atom. The number of nitrogens with one attached hydrogen (secondary N) is 5. The van der Waals surface area contributed by atoms with E-state index in [1.807, 2.05) is 54.8 Å². The lowest BCUT2D eigenvalue weighted by molar-refractivity contribution is -0.142. The fourth-order valence-corrected chi connectivity index (χ4v) is 5.92. The molecular formula is C33H43N9O5S. The molecule has 2 aromatic carbocycles. The van der Waals surface area contributed by atoms with E-state index in [2.05, 4.69) is 30.9 Å². The average molecular weight is 678 g/mol. The number of nitrogens with zero attached hydrogens (tertiary/aromatic N) is 1. The van der Waals surface area contributed by atoms with Gasteiger partial charge in [0, 0.05) is 47.2 Å². The van der Waals surface area contributed by atoms with Gasteiger partial charge >= 0.3 is 5.97 Å². The van der Waals surface area contributed by atoms with Gasteiger partial charge in [-0.1, -0.05) is 36.4 Å². The van der Waals surface area contributed by atoms with Crippen molar-refractivity contribution in [3.05, 3.63) is 72.1 Å². The maximum Gasteiger partial charge on any atom is 0.326 e. The van der Waals surface area contributed by atoms with Gasteiger partial charge in [-0.25, -0.2) is 4.79 Å². The largest absolute Gasteiger partial charge is 0.480 e. The Labute approximate surface area is 282 Å². The van der Waals surface area contributed by atoms with Crippen LogP contribution in [0.5, 0.6) is 0 Å². The first-order chi connectivity index (χ1) is 23.1. The van der Waals surface area contributed by atoms with Crippen LogP contribution in [0.4, 0.5) is 0 Å². The standard InChI is InChI=1S/C33H43N9O5S/c1-48-14-12-27(31(45)42-28(32(46)47)16-20-18-39-25-10-5-3-8-22(20)25)41-30(44)26(11-6-13-37-33(35)36)40-29(43)23(34)15-19-17-38-24-9-4-2-7-21(19)24/h2-5,7-10,17-18,23,26-28,38-39H,6,11-16,34H2,1H3,(H,40,43)(H,41,44)(H,42,45)(H,46,47)(H4,35,36,37). The molecule has 0 radical (unpaired) electrons. The third kappa shape index (κ3) is 9.75. The molecule has 4 aromatic rings. The summed E-state index contributed by atoms with van der Waals surface area (Å²) in [6.45, 7) is 0.216. The van der Waals surface area contributed by atoms with Crippen molar-refractivity contribution in [3.8, 4) is 0 Å². The molecule has 0 fully saturated rings. The summed E-state index contributed by atoms with van der Waals surface area (Å²) < 4.78 is 0. The molecule has 2 aromatic heterocycles. The molecule has 12 N–H and O–H groups in total. The van der Waals surface area contributed by atoms with Crippen molar-refractivity contribution >= 4 is 63.2 Å². The molecule has 3 amide bonds. The van der Waals surface area contributed by atoms with Gasteiger partial charge in [-0.3, -0.25) is 19.4 Å². The predicted octanol–water partition coefficient (Wildman–Crippen LogP) is 1.11. The van der Waals surface area contributed by atoms with Crippen molar-refractivity contribution in [2.24, 2.45) is 22.2 Å². The number of carboxylic acid groups (broad SMARTS) is 1. The monoisotopic (exact) mass is 677 g/mol. The maximum atomic E-state index is 13.7. The Hall–Kier alpha value is -5.02. The van der Waals surface area contributed by atoms with Crippen LogP contribution < -0.4 is 33.2 Å². The molecule has 0 aliphatic heterocycles. The highest BCUT2D eigenvalue weighted by Gasteiger charge is 2.30. The van der Waals surface area contributed by atoms with Crippen LogP contribution in [0, 0.1) is 0 Å². The first-order valence-electron chi connectivity index (χ1n) is 15.6. The van der Waals surface area contributed by atoms with Crippen LogP contribution in [0.15, 0.2) is 65.9 Å². The SMILES string of the molecule is CSCCC(NC(=O)C(CCCN=C(N)N)NC(=O)C(N)Cc1c[nH]c2ccccc12)C(=O)NC(Cc1c[nH]c2ccccc12)C(=O)O. The number of hydrogen-bond acceptors (Lipinski definition) is 7. The molecule has 0 saturated carbocycles. The highest BCUT2D eigenvalue weighted by Crippen LogP contribution is 2.20. The Morgan fingerprint density at radius 1 is 0.792 bits per heavy atom. The minimum Gasteiger partial charge on any atom is -0.480 e. The number of nitrogens with two attached hydrogens (primary N) is 3. The average Bonchev–Trinajstić information content (AvgIpc) is 3.67. The van der Waals surface area contributed by atoms with Gasteiger partial charge in [0.2, 0.25) is 17.7 Å². The van der Waals surface area contributed by atoms with Gasteiger partial charge in [0.05, 0.1) is 6.04 Å². The Balaban J connectivity index is 1.46. The predicted molar refractivity (Wildman–Crippen MR) is 188 cm³/mol. The van der Waals surface area contributed by atoms with E-state index in [4.69, 9.17) is 17.2 Å². The number of amides is 3. The van der Waals surface area contributed by atoms with Crippen molar-refractivity contribution in [2.45, 2.75) is 56.3 Å². The first-order valence-corrected chi connectivity index (χ1v) is 17.0. The minimum atomic E-state index is -1.25. The summed E-state index contributed by atoms with van der Waals surface area (Å²) in [5.41, 5.74) is 20.5. The lowest BCUT2D eigenvalue weighted by Crippen LogP contribution is -2.57. The number of aromatic nitrogens is 2. The molecule has 2 heterocycles. The van der Waals surface area contributed by atoms with E-state index in [-0.39, 0.29) is 38.2 Å². The van der Waals surface area contributed by atoms with Gasteiger partial charge in [-0.15, -0.1) is 0 Å². The van der Waals surface area contributed by atoms with Gasteiger partial charge in [0.15, 0.2) is 5.96 Å². The lowest BCUT2D eigenvalue weighted by Gasteiger charge is -2.25. The molecule has 4 unspecified atom stereocenters. The molecule has 48 heavy (non-hydrogen) atoms. The Kier molecular flexibility index (Phi) is 12.9. The maximum absolute atomic E-state index is 13.7. The molecule has 256 valence electrons. The number of aliphatic imine (C=N–C) groups is 1. The van der Waals surface area contributed by atoms with Gasteiger partial charge in [-0.2, -0.15) is 11.8 Å². The number of guanidine groups is 1. The summed E-state index contributed by atoms with van der Waals surface area (Å²) in [4.78, 5) is 62.9. The van der Waals surface area contributed by atoms with E-state index in [9.17, 15) is 24.3 Å². The van der Waals surface area contributed by atoms with Crippen LogP contribution in [0.3, 0.4) is 0 Å². The molecule has 0 aliphatic rings. The third-order valence-corrected chi connectivity index (χ3v) is 8.63. The number of aliphatic carboxylic acids is 1. The van der Waals surface area contributed by atoms with Crippen LogP contribution >= 0.6 is 11.8 Å². The van der Waals surface area contributed by atoms with E-state index in [0.29, 0.717) is 12.2 Å². The number of rotatable bonds is 18. The highest BCUT2D eigenvalue weighted by atomic mass is 32.2. The smallest absolute Gasteiger partial charge is 0.326 e. The van der Waals surface area contributed by atoms with Crippen LogP contribution in [0.25, 0.3) is 21.8 Å². The van der Waals surface area contributed by atoms with Crippen molar-refractivity contribution in [3.63, 3.8) is 0 Å². The van der Waals surface area contributed by atoms with Crippen molar-refractivity contribution < 1.29 is 24.3 Å². The van der Waals surface area contributed by atoms with E-state index >= 15 is 0 Å². The summed E-state index contributed by atoms with van der Waals surface area (Å²) >= 11 is 1.47. The molecule has 15 heteroatoms. The summed E-state index contributed by atoms with van der Waals surface area (Å²) in [5, 5.41) is 19.9. The van der Waals surface area contributed by atoms with Crippen LogP contribution in [-0.2, 0) is 32.0 Å². The van der Waals surface area contributed by atoms with Crippen LogP contribution in [0.2, 0.25) is 0 Å². The zero-order valence-corrected chi connectivity index (χ0v) is 27.5. The summed E-state index contributed by atoms with van der Waals surface area (Å²) in [7, 11) is 0. The number of carboxylic acids is 1. The number of aromatic amines is 2. The van der Waals surface area contributed by atoms with Crippen LogP contribution in [-0.4, -0.2) is 87.4 Å². The number of carbonyl (C=O) groups is 4. The lowest BCUT2D eigenvalue weighted by atomic mass is 10.0. The molecule has 0 saturated heterocycles.